The first-order chi connectivity index (χ1) is 16.3. The number of fused-ring (bicyclic) bond motifs is 4. The average molecular weight is 464 g/mol. The Balaban J connectivity index is 1.22. The number of carbonyl (C=O) groups excluding carboxylic acids is 2. The Kier molecular flexibility index (Phi) is 5.77. The number of carboxylic acid groups (broad SMARTS) is 1. The Hall–Kier alpha value is -3.39. The van der Waals surface area contributed by atoms with Gasteiger partial charge < -0.3 is 25.0 Å². The number of nitrogens with zero attached hydrogens (tertiary/aromatic N) is 2. The fourth-order valence-corrected chi connectivity index (χ4v) is 5.63. The molecule has 3 atom stereocenters. The van der Waals surface area contributed by atoms with Gasteiger partial charge in [0.05, 0.1) is 5.92 Å². The van der Waals surface area contributed by atoms with Crippen LogP contribution in [0.3, 0.4) is 0 Å². The number of hydrogen-bond acceptors (Lipinski definition) is 5. The maximum Gasteiger partial charge on any atom is 0.407 e. The van der Waals surface area contributed by atoms with Gasteiger partial charge in [0.1, 0.15) is 12.6 Å². The van der Waals surface area contributed by atoms with Crippen LogP contribution in [0.15, 0.2) is 48.5 Å². The van der Waals surface area contributed by atoms with Crippen LogP contribution in [0.4, 0.5) is 4.79 Å². The summed E-state index contributed by atoms with van der Waals surface area (Å²) >= 11 is 0. The van der Waals surface area contributed by atoms with Crippen molar-refractivity contribution in [2.45, 2.75) is 12.0 Å². The lowest BCUT2D eigenvalue weighted by atomic mass is 9.98. The first kappa shape index (κ1) is 22.4. The van der Waals surface area contributed by atoms with Crippen molar-refractivity contribution in [3.63, 3.8) is 0 Å². The summed E-state index contributed by atoms with van der Waals surface area (Å²) in [7, 11) is 3.67. The molecule has 2 amide bonds. The van der Waals surface area contributed by atoms with Crippen molar-refractivity contribution in [1.29, 1.82) is 0 Å². The van der Waals surface area contributed by atoms with Gasteiger partial charge in [-0.1, -0.05) is 48.5 Å². The Bertz CT molecular complexity index is 1080. The van der Waals surface area contributed by atoms with Gasteiger partial charge in [-0.2, -0.15) is 0 Å². The number of alkyl carbamates (subject to hydrolysis) is 1. The van der Waals surface area contributed by atoms with Crippen molar-refractivity contribution in [2.75, 3.05) is 40.3 Å². The molecule has 1 saturated heterocycles. The molecule has 2 fully saturated rings. The van der Waals surface area contributed by atoms with Crippen molar-refractivity contribution in [1.82, 2.24) is 15.1 Å². The van der Waals surface area contributed by atoms with E-state index in [0.29, 0.717) is 19.6 Å². The first-order valence-corrected chi connectivity index (χ1v) is 11.6. The van der Waals surface area contributed by atoms with E-state index in [9.17, 15) is 19.5 Å². The molecule has 0 bridgehead atoms. The molecule has 8 heteroatoms. The molecule has 2 N–H and O–H groups in total. The van der Waals surface area contributed by atoms with Crippen LogP contribution in [0.1, 0.15) is 17.0 Å². The second-order valence-corrected chi connectivity index (χ2v) is 9.72. The number of piperidine rings is 1. The summed E-state index contributed by atoms with van der Waals surface area (Å²) in [6.45, 7) is 1.36. The van der Waals surface area contributed by atoms with Gasteiger partial charge in [0.2, 0.25) is 5.91 Å². The summed E-state index contributed by atoms with van der Waals surface area (Å²) in [5.41, 5.74) is 4.56. The summed E-state index contributed by atoms with van der Waals surface area (Å²) in [6.07, 6.45) is -0.630. The molecular weight excluding hydrogens is 434 g/mol. The van der Waals surface area contributed by atoms with Crippen molar-refractivity contribution >= 4 is 18.0 Å². The minimum absolute atomic E-state index is 0.0240. The van der Waals surface area contributed by atoms with E-state index in [-0.39, 0.29) is 36.2 Å². The van der Waals surface area contributed by atoms with Crippen LogP contribution in [0.25, 0.3) is 11.1 Å². The van der Waals surface area contributed by atoms with E-state index in [1.54, 1.807) is 4.90 Å². The predicted octanol–water partition coefficient (Wildman–Crippen LogP) is 2.24. The summed E-state index contributed by atoms with van der Waals surface area (Å²) in [4.78, 5) is 40.6. The molecule has 3 unspecified atom stereocenters. The van der Waals surface area contributed by atoms with Crippen molar-refractivity contribution in [2.24, 2.45) is 17.8 Å². The van der Waals surface area contributed by atoms with Gasteiger partial charge in [0.25, 0.3) is 0 Å². The summed E-state index contributed by atoms with van der Waals surface area (Å²) in [5.74, 6) is -1.33. The fraction of sp³-hybridized carbons (Fsp3) is 0.423. The van der Waals surface area contributed by atoms with Crippen LogP contribution >= 0.6 is 0 Å². The monoisotopic (exact) mass is 463 g/mol. The maximum atomic E-state index is 13.1. The molecule has 0 radical (unpaired) electrons. The third-order valence-electron chi connectivity index (χ3n) is 7.27. The second-order valence-electron chi connectivity index (χ2n) is 9.72. The van der Waals surface area contributed by atoms with Gasteiger partial charge in [-0.15, -0.1) is 0 Å². The molecule has 8 nitrogen and oxygen atoms in total. The third kappa shape index (κ3) is 4.03. The largest absolute Gasteiger partial charge is 0.481 e. The van der Waals surface area contributed by atoms with Crippen LogP contribution in [-0.4, -0.2) is 79.3 Å². The molecule has 0 spiro atoms. The molecule has 2 aromatic rings. The Morgan fingerprint density at radius 3 is 2.12 bits per heavy atom. The SMILES string of the molecule is CN(C)CC(NC(=O)OCC1c2ccccc2-c2ccccc21)C(=O)N1CC2C(C1)C2C(=O)O. The maximum absolute atomic E-state index is 13.1. The van der Waals surface area contributed by atoms with E-state index in [2.05, 4.69) is 29.6 Å². The topological polar surface area (TPSA) is 99.2 Å². The van der Waals surface area contributed by atoms with E-state index in [1.165, 1.54) is 0 Å². The number of hydrogen-bond donors (Lipinski definition) is 2. The normalized spacial score (nSPS) is 23.1. The smallest absolute Gasteiger partial charge is 0.407 e. The Morgan fingerprint density at radius 2 is 1.59 bits per heavy atom. The summed E-state index contributed by atoms with van der Waals surface area (Å²) < 4.78 is 5.63. The van der Waals surface area contributed by atoms with Crippen LogP contribution in [0, 0.1) is 17.8 Å². The molecule has 34 heavy (non-hydrogen) atoms. The second kappa shape index (κ2) is 8.76. The number of rotatable bonds is 7. The van der Waals surface area contributed by atoms with E-state index in [0.717, 1.165) is 22.3 Å². The number of carboxylic acids is 1. The Labute approximate surface area is 198 Å². The molecule has 5 rings (SSSR count). The minimum atomic E-state index is -0.788. The van der Waals surface area contributed by atoms with Crippen molar-refractivity contribution < 1.29 is 24.2 Å². The van der Waals surface area contributed by atoms with Crippen molar-refractivity contribution in [3.05, 3.63) is 59.7 Å². The summed E-state index contributed by atoms with van der Waals surface area (Å²) in [6, 6.07) is 15.5. The molecule has 2 aliphatic carbocycles. The van der Waals surface area contributed by atoms with Gasteiger partial charge in [-0.3, -0.25) is 9.59 Å². The standard InChI is InChI=1S/C26H29N3O5/c1-28(2)13-22(24(30)29-11-19-20(12-29)23(19)25(31)32)27-26(33)34-14-21-17-9-5-3-7-15(17)16-8-4-6-10-18(16)21/h3-10,19-23H,11-14H2,1-2H3,(H,27,33)(H,31,32). The number of carbonyl (C=O) groups is 3. The lowest BCUT2D eigenvalue weighted by Crippen LogP contribution is -2.53. The van der Waals surface area contributed by atoms with Gasteiger partial charge in [0.15, 0.2) is 0 Å². The lowest BCUT2D eigenvalue weighted by Gasteiger charge is -2.27. The predicted molar refractivity (Wildman–Crippen MR) is 125 cm³/mol. The number of likely N-dealkylation sites (N-methyl/N-ethyl adjacent to an activating group) is 1. The molecule has 1 heterocycles. The van der Waals surface area contributed by atoms with Crippen LogP contribution in [-0.2, 0) is 14.3 Å². The van der Waals surface area contributed by atoms with Gasteiger partial charge >= 0.3 is 12.1 Å². The third-order valence-corrected chi connectivity index (χ3v) is 7.27. The number of likely N-dealkylation sites (tertiary alicyclic amines) is 1. The molecule has 2 aromatic carbocycles. The van der Waals surface area contributed by atoms with E-state index in [1.807, 2.05) is 43.3 Å². The number of benzene rings is 2. The highest BCUT2D eigenvalue weighted by Gasteiger charge is 2.60. The molecule has 0 aromatic heterocycles. The molecule has 1 saturated carbocycles. The quantitative estimate of drug-likeness (QED) is 0.654. The van der Waals surface area contributed by atoms with E-state index in [4.69, 9.17) is 4.74 Å². The van der Waals surface area contributed by atoms with Crippen LogP contribution < -0.4 is 5.32 Å². The summed E-state index contributed by atoms with van der Waals surface area (Å²) in [5, 5.41) is 12.0. The highest BCUT2D eigenvalue weighted by molar-refractivity contribution is 5.87. The number of aliphatic carboxylic acids is 1. The number of nitrogens with one attached hydrogen (secondary N) is 1. The molecule has 178 valence electrons. The van der Waals surface area contributed by atoms with Gasteiger partial charge in [-0.05, 0) is 48.2 Å². The molecule has 1 aliphatic heterocycles. The van der Waals surface area contributed by atoms with E-state index < -0.39 is 18.1 Å². The molecular formula is C26H29N3O5. The van der Waals surface area contributed by atoms with Crippen molar-refractivity contribution in [3.8, 4) is 11.1 Å². The Morgan fingerprint density at radius 1 is 1.03 bits per heavy atom. The molecule has 3 aliphatic rings. The van der Waals surface area contributed by atoms with E-state index >= 15 is 0 Å². The van der Waals surface area contributed by atoms with Gasteiger partial charge in [0, 0.05) is 25.6 Å². The zero-order chi connectivity index (χ0) is 24.0. The van der Waals surface area contributed by atoms with Crippen LogP contribution in [0.5, 0.6) is 0 Å². The minimum Gasteiger partial charge on any atom is -0.481 e. The van der Waals surface area contributed by atoms with Gasteiger partial charge in [-0.25, -0.2) is 4.79 Å². The lowest BCUT2D eigenvalue weighted by molar-refractivity contribution is -0.141. The zero-order valence-corrected chi connectivity index (χ0v) is 19.3. The number of amides is 2. The zero-order valence-electron chi connectivity index (χ0n) is 19.3. The highest BCUT2D eigenvalue weighted by Crippen LogP contribution is 2.51. The fourth-order valence-electron chi connectivity index (χ4n) is 5.63. The number of ether oxygens (including phenoxy) is 1. The van der Waals surface area contributed by atoms with Crippen LogP contribution in [0.2, 0.25) is 0 Å². The highest BCUT2D eigenvalue weighted by atomic mass is 16.5. The first-order valence-electron chi connectivity index (χ1n) is 11.6. The average Bonchev–Trinajstić information content (AvgIpc) is 3.17.